The third-order valence-electron chi connectivity index (χ3n) is 3.83. The number of thiocarbonyl (C=S) groups is 1. The van der Waals surface area contributed by atoms with Crippen molar-refractivity contribution in [1.29, 1.82) is 0 Å². The number of rotatable bonds is 4. The monoisotopic (exact) mass is 362 g/mol. The van der Waals surface area contributed by atoms with Crippen LogP contribution in [0.2, 0.25) is 0 Å². The number of fused-ring (bicyclic) bond motifs is 1. The van der Waals surface area contributed by atoms with Gasteiger partial charge in [0.25, 0.3) is 5.91 Å². The summed E-state index contributed by atoms with van der Waals surface area (Å²) in [6.07, 6.45) is 4.18. The summed E-state index contributed by atoms with van der Waals surface area (Å²) in [6.45, 7) is 3.12. The van der Waals surface area contributed by atoms with Crippen LogP contribution in [0.15, 0.2) is 23.1 Å². The summed E-state index contributed by atoms with van der Waals surface area (Å²) in [5.41, 5.74) is 1.61. The van der Waals surface area contributed by atoms with Crippen LogP contribution in [0.3, 0.4) is 0 Å². The molecule has 3 rings (SSSR count). The van der Waals surface area contributed by atoms with Crippen LogP contribution in [0, 0.1) is 0 Å². The SMILES string of the molecule is CCCCC(=O)N1CCOc2ccc(C=C3SC(=S)NC3=O)cc21. The Balaban J connectivity index is 1.88. The van der Waals surface area contributed by atoms with Gasteiger partial charge in [-0.15, -0.1) is 0 Å². The van der Waals surface area contributed by atoms with Gasteiger partial charge in [-0.25, -0.2) is 0 Å². The van der Waals surface area contributed by atoms with Crippen molar-refractivity contribution in [2.75, 3.05) is 18.1 Å². The summed E-state index contributed by atoms with van der Waals surface area (Å²) in [5.74, 6) is 0.627. The van der Waals surface area contributed by atoms with Crippen molar-refractivity contribution in [2.24, 2.45) is 0 Å². The van der Waals surface area contributed by atoms with Gasteiger partial charge in [0.2, 0.25) is 5.91 Å². The van der Waals surface area contributed by atoms with Crippen molar-refractivity contribution in [1.82, 2.24) is 5.32 Å². The number of hydrogen-bond acceptors (Lipinski definition) is 5. The molecular formula is C17H18N2O3S2. The van der Waals surface area contributed by atoms with Gasteiger partial charge in [-0.2, -0.15) is 0 Å². The summed E-state index contributed by atoms with van der Waals surface area (Å²) in [6, 6.07) is 5.61. The minimum Gasteiger partial charge on any atom is -0.490 e. The maximum Gasteiger partial charge on any atom is 0.263 e. The summed E-state index contributed by atoms with van der Waals surface area (Å²) in [4.78, 5) is 26.6. The van der Waals surface area contributed by atoms with Crippen molar-refractivity contribution < 1.29 is 14.3 Å². The zero-order chi connectivity index (χ0) is 17.1. The van der Waals surface area contributed by atoms with Crippen LogP contribution in [-0.2, 0) is 9.59 Å². The molecular weight excluding hydrogens is 344 g/mol. The van der Waals surface area contributed by atoms with Crippen molar-refractivity contribution in [2.45, 2.75) is 26.2 Å². The number of anilines is 1. The molecule has 0 bridgehead atoms. The van der Waals surface area contributed by atoms with E-state index in [1.54, 1.807) is 11.0 Å². The fourth-order valence-electron chi connectivity index (χ4n) is 2.62. The van der Waals surface area contributed by atoms with Gasteiger partial charge in [-0.1, -0.05) is 43.4 Å². The first-order valence-electron chi connectivity index (χ1n) is 7.90. The number of hydrogen-bond donors (Lipinski definition) is 1. The second-order valence-electron chi connectivity index (χ2n) is 5.58. The Hall–Kier alpha value is -1.86. The number of ether oxygens (including phenoxy) is 1. The summed E-state index contributed by atoms with van der Waals surface area (Å²) in [7, 11) is 0. The largest absolute Gasteiger partial charge is 0.490 e. The lowest BCUT2D eigenvalue weighted by Crippen LogP contribution is -2.37. The Kier molecular flexibility index (Phi) is 5.20. The first-order valence-corrected chi connectivity index (χ1v) is 9.13. The molecule has 1 aromatic rings. The number of benzene rings is 1. The topological polar surface area (TPSA) is 58.6 Å². The normalized spacial score (nSPS) is 18.4. The van der Waals surface area contributed by atoms with Crippen molar-refractivity contribution in [3.05, 3.63) is 28.7 Å². The highest BCUT2D eigenvalue weighted by Crippen LogP contribution is 2.35. The molecule has 2 aliphatic rings. The third kappa shape index (κ3) is 3.62. The fraction of sp³-hybridized carbons (Fsp3) is 0.353. The van der Waals surface area contributed by atoms with Gasteiger partial charge in [0, 0.05) is 6.42 Å². The predicted octanol–water partition coefficient (Wildman–Crippen LogP) is 3.09. The molecule has 1 fully saturated rings. The molecule has 0 aromatic heterocycles. The van der Waals surface area contributed by atoms with Gasteiger partial charge in [-0.05, 0) is 30.2 Å². The van der Waals surface area contributed by atoms with Crippen LogP contribution >= 0.6 is 24.0 Å². The Morgan fingerprint density at radius 1 is 1.50 bits per heavy atom. The quantitative estimate of drug-likeness (QED) is 0.659. The summed E-state index contributed by atoms with van der Waals surface area (Å²) >= 11 is 6.24. The molecule has 0 radical (unpaired) electrons. The standard InChI is InChI=1S/C17H18N2O3S2/c1-2-3-4-15(20)19-7-8-22-13-6-5-11(9-12(13)19)10-14-16(21)18-17(23)24-14/h5-6,9-10H,2-4,7-8H2,1H3,(H,18,21,23). The molecule has 1 aromatic carbocycles. The Labute approximate surface area is 150 Å². The lowest BCUT2D eigenvalue weighted by molar-refractivity contribution is -0.119. The Bertz CT molecular complexity index is 731. The molecule has 1 saturated heterocycles. The highest BCUT2D eigenvalue weighted by atomic mass is 32.2. The predicted molar refractivity (Wildman–Crippen MR) is 100 cm³/mol. The first kappa shape index (κ1) is 17.0. The van der Waals surface area contributed by atoms with E-state index in [9.17, 15) is 9.59 Å². The fourth-order valence-corrected chi connectivity index (χ4v) is 3.66. The highest BCUT2D eigenvalue weighted by Gasteiger charge is 2.25. The lowest BCUT2D eigenvalue weighted by Gasteiger charge is -2.30. The number of amides is 2. The van der Waals surface area contributed by atoms with Crippen molar-refractivity contribution in [3.8, 4) is 5.75 Å². The minimum atomic E-state index is -0.185. The van der Waals surface area contributed by atoms with E-state index in [1.165, 1.54) is 11.8 Å². The van der Waals surface area contributed by atoms with Crippen LogP contribution in [0.25, 0.3) is 6.08 Å². The number of nitrogens with zero attached hydrogens (tertiary/aromatic N) is 1. The maximum atomic E-state index is 12.4. The van der Waals surface area contributed by atoms with Gasteiger partial charge in [0.05, 0.1) is 17.1 Å². The number of nitrogens with one attached hydrogen (secondary N) is 1. The Morgan fingerprint density at radius 3 is 3.04 bits per heavy atom. The molecule has 5 nitrogen and oxygen atoms in total. The molecule has 0 aliphatic carbocycles. The molecule has 0 spiro atoms. The maximum absolute atomic E-state index is 12.4. The molecule has 2 aliphatic heterocycles. The number of carbonyl (C=O) groups is 2. The lowest BCUT2D eigenvalue weighted by atomic mass is 10.1. The summed E-state index contributed by atoms with van der Waals surface area (Å²) in [5, 5.41) is 2.60. The summed E-state index contributed by atoms with van der Waals surface area (Å²) < 4.78 is 6.11. The van der Waals surface area contributed by atoms with E-state index in [0.717, 1.165) is 24.1 Å². The molecule has 2 heterocycles. The van der Waals surface area contributed by atoms with E-state index >= 15 is 0 Å². The second kappa shape index (κ2) is 7.36. The molecule has 7 heteroatoms. The van der Waals surface area contributed by atoms with E-state index in [0.29, 0.717) is 34.5 Å². The number of carbonyl (C=O) groups excluding carboxylic acids is 2. The highest BCUT2D eigenvalue weighted by molar-refractivity contribution is 8.26. The van der Waals surface area contributed by atoms with E-state index in [2.05, 4.69) is 12.2 Å². The Morgan fingerprint density at radius 2 is 2.33 bits per heavy atom. The molecule has 1 N–H and O–H groups in total. The van der Waals surface area contributed by atoms with Gasteiger partial charge in [-0.3, -0.25) is 9.59 Å². The van der Waals surface area contributed by atoms with Crippen LogP contribution < -0.4 is 15.0 Å². The third-order valence-corrected chi connectivity index (χ3v) is 4.99. The van der Waals surface area contributed by atoms with Crippen molar-refractivity contribution in [3.63, 3.8) is 0 Å². The minimum absolute atomic E-state index is 0.111. The molecule has 0 saturated carbocycles. The first-order chi connectivity index (χ1) is 11.6. The average Bonchev–Trinajstić information content (AvgIpc) is 2.89. The van der Waals surface area contributed by atoms with E-state index in [-0.39, 0.29) is 11.8 Å². The van der Waals surface area contributed by atoms with Crippen LogP contribution in [0.4, 0.5) is 5.69 Å². The van der Waals surface area contributed by atoms with E-state index in [4.69, 9.17) is 17.0 Å². The molecule has 0 unspecified atom stereocenters. The average molecular weight is 362 g/mol. The van der Waals surface area contributed by atoms with Gasteiger partial charge < -0.3 is 15.0 Å². The van der Waals surface area contributed by atoms with Crippen LogP contribution in [0.5, 0.6) is 5.75 Å². The zero-order valence-electron chi connectivity index (χ0n) is 13.3. The smallest absolute Gasteiger partial charge is 0.263 e. The molecule has 0 atom stereocenters. The zero-order valence-corrected chi connectivity index (χ0v) is 15.0. The number of thioether (sulfide) groups is 1. The van der Waals surface area contributed by atoms with Gasteiger partial charge in [0.1, 0.15) is 16.7 Å². The van der Waals surface area contributed by atoms with Crippen LogP contribution in [-0.4, -0.2) is 29.3 Å². The molecule has 24 heavy (non-hydrogen) atoms. The second-order valence-corrected chi connectivity index (χ2v) is 7.30. The van der Waals surface area contributed by atoms with Crippen molar-refractivity contribution >= 4 is 51.9 Å². The van der Waals surface area contributed by atoms with E-state index < -0.39 is 0 Å². The molecule has 126 valence electrons. The van der Waals surface area contributed by atoms with Crippen LogP contribution in [0.1, 0.15) is 31.7 Å². The van der Waals surface area contributed by atoms with E-state index in [1.807, 2.05) is 18.2 Å². The van der Waals surface area contributed by atoms with Gasteiger partial charge >= 0.3 is 0 Å². The van der Waals surface area contributed by atoms with Gasteiger partial charge in [0.15, 0.2) is 0 Å². The number of unbranched alkanes of at least 4 members (excludes halogenated alkanes) is 1. The molecule has 2 amide bonds.